The number of carbonyl (C=O) groups is 1. The van der Waals surface area contributed by atoms with E-state index in [1.54, 1.807) is 7.11 Å². The quantitative estimate of drug-likeness (QED) is 0.684. The molecule has 2 rings (SSSR count). The number of rotatable bonds is 7. The molecule has 0 aromatic heterocycles. The van der Waals surface area contributed by atoms with Gasteiger partial charge in [0.1, 0.15) is 0 Å². The van der Waals surface area contributed by atoms with Crippen molar-refractivity contribution < 1.29 is 9.53 Å². The molecule has 0 aromatic rings. The van der Waals surface area contributed by atoms with Crippen molar-refractivity contribution >= 4 is 30.7 Å². The molecule has 1 amide bonds. The van der Waals surface area contributed by atoms with E-state index in [-0.39, 0.29) is 30.7 Å². The predicted octanol–water partition coefficient (Wildman–Crippen LogP) is 2.18. The first-order valence-corrected chi connectivity index (χ1v) is 8.99. The van der Waals surface area contributed by atoms with Crippen molar-refractivity contribution in [3.05, 3.63) is 0 Å². The Morgan fingerprint density at radius 1 is 1.04 bits per heavy atom. The molecule has 7 heteroatoms. The molecule has 2 aliphatic rings. The summed E-state index contributed by atoms with van der Waals surface area (Å²) in [6.07, 6.45) is 8.17. The Kier molecular flexibility index (Phi) is 14.1. The van der Waals surface area contributed by atoms with Crippen LogP contribution in [0.5, 0.6) is 0 Å². The van der Waals surface area contributed by atoms with Crippen molar-refractivity contribution in [2.24, 2.45) is 5.92 Å². The summed E-state index contributed by atoms with van der Waals surface area (Å²) in [6, 6.07) is 0. The van der Waals surface area contributed by atoms with Gasteiger partial charge in [-0.05, 0) is 31.7 Å². The van der Waals surface area contributed by atoms with E-state index in [2.05, 4.69) is 10.2 Å². The molecule has 0 aromatic carbocycles. The number of halogens is 2. The first-order chi connectivity index (χ1) is 10.8. The molecular formula is C17H35Cl2N3O2. The van der Waals surface area contributed by atoms with Crippen LogP contribution in [-0.2, 0) is 9.53 Å². The fourth-order valence-electron chi connectivity index (χ4n) is 3.62. The smallest absolute Gasteiger partial charge is 0.236 e. The van der Waals surface area contributed by atoms with Crippen LogP contribution in [0.15, 0.2) is 0 Å². The predicted molar refractivity (Wildman–Crippen MR) is 103 cm³/mol. The van der Waals surface area contributed by atoms with Crippen molar-refractivity contribution in [3.8, 4) is 0 Å². The zero-order valence-corrected chi connectivity index (χ0v) is 16.6. The number of nitrogens with zero attached hydrogens (tertiary/aromatic N) is 2. The molecule has 5 nitrogen and oxygen atoms in total. The van der Waals surface area contributed by atoms with Crippen LogP contribution in [0.1, 0.15) is 38.5 Å². The van der Waals surface area contributed by atoms with Crippen LogP contribution >= 0.6 is 24.8 Å². The summed E-state index contributed by atoms with van der Waals surface area (Å²) in [4.78, 5) is 16.8. The monoisotopic (exact) mass is 383 g/mol. The Bertz CT molecular complexity index is 329. The van der Waals surface area contributed by atoms with Crippen molar-refractivity contribution in [2.75, 3.05) is 59.5 Å². The van der Waals surface area contributed by atoms with Crippen LogP contribution in [0.2, 0.25) is 0 Å². The molecule has 0 bridgehead atoms. The molecule has 1 aliphatic heterocycles. The Labute approximate surface area is 159 Å². The molecule has 1 N–H and O–H groups in total. The van der Waals surface area contributed by atoms with E-state index in [4.69, 9.17) is 4.74 Å². The van der Waals surface area contributed by atoms with Gasteiger partial charge in [0.05, 0.1) is 13.2 Å². The Morgan fingerprint density at radius 3 is 2.50 bits per heavy atom. The van der Waals surface area contributed by atoms with Crippen LogP contribution in [-0.4, -0.2) is 75.2 Å². The lowest BCUT2D eigenvalue weighted by Crippen LogP contribution is -2.41. The summed E-state index contributed by atoms with van der Waals surface area (Å²) < 4.78 is 4.98. The minimum Gasteiger partial charge on any atom is -0.383 e. The first kappa shape index (κ1) is 23.9. The average Bonchev–Trinajstić information content (AvgIpc) is 2.78. The summed E-state index contributed by atoms with van der Waals surface area (Å²) in [5.74, 6) is 1.13. The topological polar surface area (TPSA) is 44.8 Å². The minimum atomic E-state index is 0. The minimum absolute atomic E-state index is 0. The summed E-state index contributed by atoms with van der Waals surface area (Å²) in [7, 11) is 1.68. The molecule has 144 valence electrons. The van der Waals surface area contributed by atoms with Crippen LogP contribution in [0, 0.1) is 5.92 Å². The van der Waals surface area contributed by atoms with Gasteiger partial charge in [-0.15, -0.1) is 24.8 Å². The van der Waals surface area contributed by atoms with Crippen molar-refractivity contribution in [1.29, 1.82) is 0 Å². The third kappa shape index (κ3) is 8.86. The maximum atomic E-state index is 12.2. The van der Waals surface area contributed by atoms with Gasteiger partial charge in [0.15, 0.2) is 0 Å². The molecule has 0 radical (unpaired) electrons. The maximum absolute atomic E-state index is 12.2. The lowest BCUT2D eigenvalue weighted by molar-refractivity contribution is -0.130. The van der Waals surface area contributed by atoms with Gasteiger partial charge in [-0.1, -0.05) is 19.3 Å². The maximum Gasteiger partial charge on any atom is 0.236 e. The van der Waals surface area contributed by atoms with Crippen LogP contribution in [0.3, 0.4) is 0 Å². The average molecular weight is 384 g/mol. The third-order valence-electron chi connectivity index (χ3n) is 4.94. The van der Waals surface area contributed by atoms with Gasteiger partial charge in [0, 0.05) is 39.8 Å². The zero-order chi connectivity index (χ0) is 15.6. The molecule has 1 heterocycles. The van der Waals surface area contributed by atoms with E-state index in [9.17, 15) is 4.79 Å². The van der Waals surface area contributed by atoms with E-state index >= 15 is 0 Å². The first-order valence-electron chi connectivity index (χ1n) is 8.99. The van der Waals surface area contributed by atoms with Crippen LogP contribution in [0.4, 0.5) is 0 Å². The second-order valence-electron chi connectivity index (χ2n) is 6.71. The molecule has 1 aliphatic carbocycles. The highest BCUT2D eigenvalue weighted by molar-refractivity contribution is 5.85. The molecule has 1 saturated carbocycles. The Morgan fingerprint density at radius 2 is 1.79 bits per heavy atom. The van der Waals surface area contributed by atoms with E-state index in [0.29, 0.717) is 13.2 Å². The summed E-state index contributed by atoms with van der Waals surface area (Å²) in [5, 5.41) is 3.15. The van der Waals surface area contributed by atoms with Gasteiger partial charge in [0.2, 0.25) is 5.91 Å². The fourth-order valence-corrected chi connectivity index (χ4v) is 3.62. The summed E-state index contributed by atoms with van der Waals surface area (Å²) >= 11 is 0. The van der Waals surface area contributed by atoms with Gasteiger partial charge in [0.25, 0.3) is 0 Å². The summed E-state index contributed by atoms with van der Waals surface area (Å²) in [5.41, 5.74) is 0. The normalized spacial score (nSPS) is 20.0. The molecular weight excluding hydrogens is 349 g/mol. The van der Waals surface area contributed by atoms with Gasteiger partial charge < -0.3 is 19.9 Å². The van der Waals surface area contributed by atoms with E-state index < -0.39 is 0 Å². The summed E-state index contributed by atoms with van der Waals surface area (Å²) in [6.45, 7) is 7.06. The number of methoxy groups -OCH3 is 1. The number of nitrogens with one attached hydrogen (secondary N) is 1. The van der Waals surface area contributed by atoms with Crippen molar-refractivity contribution in [1.82, 2.24) is 15.1 Å². The lowest BCUT2D eigenvalue weighted by Gasteiger charge is -2.28. The van der Waals surface area contributed by atoms with Crippen molar-refractivity contribution in [2.45, 2.75) is 38.5 Å². The number of carbonyl (C=O) groups excluding carboxylic acids is 1. The SMILES string of the molecule is COCCNCC(=O)N1CCCN(CC2CCCCC2)CC1.Cl.Cl. The second kappa shape index (κ2) is 14.1. The Balaban J connectivity index is 0.00000264. The van der Waals surface area contributed by atoms with Crippen LogP contribution in [0.25, 0.3) is 0 Å². The highest BCUT2D eigenvalue weighted by Gasteiger charge is 2.21. The van der Waals surface area contributed by atoms with Gasteiger partial charge in [-0.25, -0.2) is 0 Å². The number of hydrogen-bond acceptors (Lipinski definition) is 4. The van der Waals surface area contributed by atoms with Gasteiger partial charge >= 0.3 is 0 Å². The fraction of sp³-hybridized carbons (Fsp3) is 0.941. The molecule has 0 spiro atoms. The third-order valence-corrected chi connectivity index (χ3v) is 4.94. The van der Waals surface area contributed by atoms with Crippen molar-refractivity contribution in [3.63, 3.8) is 0 Å². The molecule has 1 saturated heterocycles. The van der Waals surface area contributed by atoms with E-state index in [1.807, 2.05) is 4.90 Å². The lowest BCUT2D eigenvalue weighted by atomic mass is 9.89. The molecule has 24 heavy (non-hydrogen) atoms. The standard InChI is InChI=1S/C17H33N3O2.2ClH/c1-22-13-8-18-14-17(21)20-10-5-9-19(11-12-20)15-16-6-3-2-4-7-16;;/h16,18H,2-15H2,1H3;2*1H. The molecule has 0 atom stereocenters. The Hall–Kier alpha value is -0.0700. The zero-order valence-electron chi connectivity index (χ0n) is 15.0. The highest BCUT2D eigenvalue weighted by Crippen LogP contribution is 2.24. The number of ether oxygens (including phenoxy) is 1. The number of amides is 1. The van der Waals surface area contributed by atoms with E-state index in [0.717, 1.165) is 45.1 Å². The van der Waals surface area contributed by atoms with Gasteiger partial charge in [-0.3, -0.25) is 4.79 Å². The highest BCUT2D eigenvalue weighted by atomic mass is 35.5. The molecule has 2 fully saturated rings. The largest absolute Gasteiger partial charge is 0.383 e. The molecule has 0 unspecified atom stereocenters. The van der Waals surface area contributed by atoms with Crippen LogP contribution < -0.4 is 5.32 Å². The second-order valence-corrected chi connectivity index (χ2v) is 6.71. The van der Waals surface area contributed by atoms with Gasteiger partial charge in [-0.2, -0.15) is 0 Å². The van der Waals surface area contributed by atoms with E-state index in [1.165, 1.54) is 38.6 Å². The number of hydrogen-bond donors (Lipinski definition) is 1.